The zero-order valence-electron chi connectivity index (χ0n) is 12.2. The van der Waals surface area contributed by atoms with E-state index in [1.54, 1.807) is 0 Å². The molecule has 1 saturated carbocycles. The largest absolute Gasteiger partial charge is 0.312 e. The van der Waals surface area contributed by atoms with Crippen LogP contribution in [-0.2, 0) is 6.54 Å². The normalized spacial score (nSPS) is 23.5. The first-order valence-corrected chi connectivity index (χ1v) is 8.02. The second-order valence-electron chi connectivity index (χ2n) is 6.01. The average Bonchev–Trinajstić information content (AvgIpc) is 2.43. The summed E-state index contributed by atoms with van der Waals surface area (Å²) in [4.78, 5) is 0. The van der Waals surface area contributed by atoms with E-state index < -0.39 is 0 Å². The molecule has 0 heterocycles. The summed E-state index contributed by atoms with van der Waals surface area (Å²) in [5, 5.41) is 4.47. The molecule has 1 aliphatic rings. The van der Waals surface area contributed by atoms with Crippen LogP contribution in [0.25, 0.3) is 0 Å². The highest BCUT2D eigenvalue weighted by molar-refractivity contribution is 6.31. The van der Waals surface area contributed by atoms with Crippen molar-refractivity contribution < 1.29 is 0 Å². The maximum absolute atomic E-state index is 6.15. The van der Waals surface area contributed by atoms with E-state index in [1.807, 2.05) is 6.92 Å². The van der Waals surface area contributed by atoms with Gasteiger partial charge >= 0.3 is 0 Å². The van der Waals surface area contributed by atoms with Crippen LogP contribution < -0.4 is 5.32 Å². The van der Waals surface area contributed by atoms with Gasteiger partial charge in [-0.05, 0) is 55.3 Å². The van der Waals surface area contributed by atoms with E-state index in [9.17, 15) is 0 Å². The number of hydrogen-bond donors (Lipinski definition) is 1. The Hall–Kier alpha value is -0.530. The van der Waals surface area contributed by atoms with Gasteiger partial charge in [-0.3, -0.25) is 0 Å². The first-order chi connectivity index (χ1) is 9.19. The molecule has 0 amide bonds. The van der Waals surface area contributed by atoms with Crippen molar-refractivity contribution in [3.8, 4) is 0 Å². The Balaban J connectivity index is 1.70. The highest BCUT2D eigenvalue weighted by atomic mass is 35.5. The van der Waals surface area contributed by atoms with Gasteiger partial charge in [-0.2, -0.15) is 0 Å². The van der Waals surface area contributed by atoms with Crippen molar-refractivity contribution in [2.45, 2.75) is 52.5 Å². The number of rotatable bonds is 5. The smallest absolute Gasteiger partial charge is 0.0438 e. The van der Waals surface area contributed by atoms with E-state index in [0.29, 0.717) is 0 Å². The Morgan fingerprint density at radius 1 is 1.16 bits per heavy atom. The van der Waals surface area contributed by atoms with Gasteiger partial charge in [-0.25, -0.2) is 0 Å². The molecule has 2 heteroatoms. The van der Waals surface area contributed by atoms with Crippen molar-refractivity contribution in [3.63, 3.8) is 0 Å². The molecular formula is C17H26ClN. The van der Waals surface area contributed by atoms with Crippen LogP contribution in [0.5, 0.6) is 0 Å². The molecule has 19 heavy (non-hydrogen) atoms. The van der Waals surface area contributed by atoms with E-state index in [0.717, 1.165) is 35.5 Å². The van der Waals surface area contributed by atoms with Gasteiger partial charge in [-0.15, -0.1) is 0 Å². The van der Waals surface area contributed by atoms with Crippen molar-refractivity contribution in [2.75, 3.05) is 6.54 Å². The van der Waals surface area contributed by atoms with E-state index in [2.05, 4.69) is 30.4 Å². The first-order valence-electron chi connectivity index (χ1n) is 7.64. The van der Waals surface area contributed by atoms with E-state index in [-0.39, 0.29) is 0 Å². The van der Waals surface area contributed by atoms with E-state index in [1.165, 1.54) is 37.7 Å². The van der Waals surface area contributed by atoms with Gasteiger partial charge in [0.1, 0.15) is 0 Å². The third-order valence-electron chi connectivity index (χ3n) is 4.54. The Kier molecular flexibility index (Phi) is 5.72. The van der Waals surface area contributed by atoms with Crippen molar-refractivity contribution >= 4 is 11.6 Å². The lowest BCUT2D eigenvalue weighted by atomic mass is 9.81. The third-order valence-corrected chi connectivity index (χ3v) is 4.95. The molecule has 1 nitrogen and oxygen atoms in total. The maximum Gasteiger partial charge on any atom is 0.0438 e. The Morgan fingerprint density at radius 2 is 1.84 bits per heavy atom. The molecule has 0 aromatic heterocycles. The monoisotopic (exact) mass is 279 g/mol. The topological polar surface area (TPSA) is 12.0 Å². The standard InChI is InChI=1S/C17H26ClN/c1-3-14-6-8-15(9-7-14)11-19-12-16-5-4-13(2)17(18)10-16/h4-5,10,14-15,19H,3,6-9,11-12H2,1-2H3. The Bertz CT molecular complexity index is 394. The van der Waals surface area contributed by atoms with Crippen LogP contribution in [0.15, 0.2) is 18.2 Å². The molecule has 1 N–H and O–H groups in total. The summed E-state index contributed by atoms with van der Waals surface area (Å²) in [7, 11) is 0. The summed E-state index contributed by atoms with van der Waals surface area (Å²) in [6, 6.07) is 6.35. The molecule has 1 aromatic carbocycles. The number of benzene rings is 1. The molecular weight excluding hydrogens is 254 g/mol. The Labute approximate surface area is 122 Å². The number of aryl methyl sites for hydroxylation is 1. The van der Waals surface area contributed by atoms with Crippen LogP contribution >= 0.6 is 11.6 Å². The quantitative estimate of drug-likeness (QED) is 0.804. The predicted molar refractivity (Wildman–Crippen MR) is 83.6 cm³/mol. The summed E-state index contributed by atoms with van der Waals surface area (Å²) in [6.45, 7) is 6.46. The molecule has 0 spiro atoms. The van der Waals surface area contributed by atoms with Gasteiger partial charge in [-0.1, -0.05) is 49.9 Å². The van der Waals surface area contributed by atoms with Crippen LogP contribution in [0.4, 0.5) is 0 Å². The van der Waals surface area contributed by atoms with Crippen LogP contribution in [0.1, 0.15) is 50.2 Å². The highest BCUT2D eigenvalue weighted by Gasteiger charge is 2.19. The van der Waals surface area contributed by atoms with Crippen molar-refractivity contribution in [1.29, 1.82) is 0 Å². The lowest BCUT2D eigenvalue weighted by molar-refractivity contribution is 0.262. The van der Waals surface area contributed by atoms with Gasteiger partial charge < -0.3 is 5.32 Å². The second-order valence-corrected chi connectivity index (χ2v) is 6.42. The lowest BCUT2D eigenvalue weighted by Crippen LogP contribution is -2.26. The van der Waals surface area contributed by atoms with Gasteiger partial charge in [0.25, 0.3) is 0 Å². The molecule has 0 radical (unpaired) electrons. The van der Waals surface area contributed by atoms with Crippen LogP contribution in [-0.4, -0.2) is 6.54 Å². The maximum atomic E-state index is 6.15. The highest BCUT2D eigenvalue weighted by Crippen LogP contribution is 2.30. The van der Waals surface area contributed by atoms with E-state index in [4.69, 9.17) is 11.6 Å². The SMILES string of the molecule is CCC1CCC(CNCc2ccc(C)c(Cl)c2)CC1. The first kappa shape index (κ1) is 14.9. The molecule has 0 bridgehead atoms. The molecule has 0 saturated heterocycles. The minimum Gasteiger partial charge on any atom is -0.312 e. The molecule has 0 unspecified atom stereocenters. The minimum absolute atomic E-state index is 0.878. The third kappa shape index (κ3) is 4.50. The van der Waals surface area contributed by atoms with Gasteiger partial charge in [0, 0.05) is 11.6 Å². The fourth-order valence-electron chi connectivity index (χ4n) is 3.01. The average molecular weight is 280 g/mol. The minimum atomic E-state index is 0.878. The molecule has 2 rings (SSSR count). The zero-order valence-corrected chi connectivity index (χ0v) is 13.0. The molecule has 1 aromatic rings. The lowest BCUT2D eigenvalue weighted by Gasteiger charge is -2.27. The summed E-state index contributed by atoms with van der Waals surface area (Å²) in [5.74, 6) is 1.87. The molecule has 106 valence electrons. The van der Waals surface area contributed by atoms with Crippen LogP contribution in [0.3, 0.4) is 0 Å². The van der Waals surface area contributed by atoms with Crippen molar-refractivity contribution in [2.24, 2.45) is 11.8 Å². The summed E-state index contributed by atoms with van der Waals surface area (Å²) in [6.07, 6.45) is 7.03. The van der Waals surface area contributed by atoms with Gasteiger partial charge in [0.15, 0.2) is 0 Å². The Morgan fingerprint density at radius 3 is 2.47 bits per heavy atom. The van der Waals surface area contributed by atoms with Crippen molar-refractivity contribution in [1.82, 2.24) is 5.32 Å². The second kappa shape index (κ2) is 7.31. The van der Waals surface area contributed by atoms with Gasteiger partial charge in [0.2, 0.25) is 0 Å². The van der Waals surface area contributed by atoms with Crippen LogP contribution in [0, 0.1) is 18.8 Å². The van der Waals surface area contributed by atoms with E-state index >= 15 is 0 Å². The predicted octanol–water partition coefficient (Wildman–Crippen LogP) is 4.95. The number of halogens is 1. The molecule has 1 fully saturated rings. The van der Waals surface area contributed by atoms with Gasteiger partial charge in [0.05, 0.1) is 0 Å². The number of hydrogen-bond acceptors (Lipinski definition) is 1. The summed E-state index contributed by atoms with van der Waals surface area (Å²) < 4.78 is 0. The summed E-state index contributed by atoms with van der Waals surface area (Å²) >= 11 is 6.15. The molecule has 0 atom stereocenters. The molecule has 1 aliphatic carbocycles. The zero-order chi connectivity index (χ0) is 13.7. The molecule has 0 aliphatic heterocycles. The fraction of sp³-hybridized carbons (Fsp3) is 0.647. The van der Waals surface area contributed by atoms with Crippen LogP contribution in [0.2, 0.25) is 5.02 Å². The fourth-order valence-corrected chi connectivity index (χ4v) is 3.21. The van der Waals surface area contributed by atoms with Crippen molar-refractivity contribution in [3.05, 3.63) is 34.3 Å². The summed E-state index contributed by atoms with van der Waals surface area (Å²) in [5.41, 5.74) is 2.45. The number of nitrogens with one attached hydrogen (secondary N) is 1.